The molecule has 3 nitrogen and oxygen atoms in total. The van der Waals surface area contributed by atoms with Gasteiger partial charge >= 0.3 is 0 Å². The van der Waals surface area contributed by atoms with Gasteiger partial charge in [0, 0.05) is 22.2 Å². The minimum absolute atomic E-state index is 0.0226. The second-order valence-electron chi connectivity index (χ2n) is 11.3. The van der Waals surface area contributed by atoms with Gasteiger partial charge in [0.2, 0.25) is 0 Å². The third-order valence-corrected chi connectivity index (χ3v) is 8.54. The standard InChI is InChI=1S/C39H32N2O/c1-39(2)34-18-10-9-16-33(34)37-31(17-11-19-35(37)39)28-20-23-30(24-21-28)41(29-13-5-4-6-14-29)26-42-36-25-22-27-12-7-8-15-32(27)38(36)40-3/h4-25H,3,26H2,1-2H3. The number of anilines is 2. The van der Waals surface area contributed by atoms with Crippen LogP contribution in [0.2, 0.25) is 0 Å². The summed E-state index contributed by atoms with van der Waals surface area (Å²) in [6, 6.07) is 46.9. The van der Waals surface area contributed by atoms with E-state index < -0.39 is 0 Å². The van der Waals surface area contributed by atoms with E-state index in [2.05, 4.69) is 140 Å². The zero-order chi connectivity index (χ0) is 28.7. The fraction of sp³-hybridized carbons (Fsp3) is 0.103. The molecule has 0 fully saturated rings. The molecule has 7 rings (SSSR count). The molecule has 0 aliphatic heterocycles. The van der Waals surface area contributed by atoms with Gasteiger partial charge in [0.1, 0.15) is 11.4 Å². The van der Waals surface area contributed by atoms with Crippen molar-refractivity contribution in [3.05, 3.63) is 145 Å². The molecule has 6 aromatic carbocycles. The van der Waals surface area contributed by atoms with E-state index >= 15 is 0 Å². The van der Waals surface area contributed by atoms with Crippen LogP contribution in [0.3, 0.4) is 0 Å². The number of rotatable bonds is 7. The lowest BCUT2D eigenvalue weighted by Gasteiger charge is -2.26. The number of hydrogen-bond donors (Lipinski definition) is 0. The van der Waals surface area contributed by atoms with Gasteiger partial charge in [-0.15, -0.1) is 0 Å². The van der Waals surface area contributed by atoms with Crippen molar-refractivity contribution in [2.24, 2.45) is 4.99 Å². The first-order valence-electron chi connectivity index (χ1n) is 14.3. The van der Waals surface area contributed by atoms with Crippen LogP contribution >= 0.6 is 0 Å². The van der Waals surface area contributed by atoms with Crippen molar-refractivity contribution < 1.29 is 4.74 Å². The lowest BCUT2D eigenvalue weighted by molar-refractivity contribution is 0.328. The Kier molecular flexibility index (Phi) is 6.36. The van der Waals surface area contributed by atoms with Crippen molar-refractivity contribution in [1.82, 2.24) is 0 Å². The summed E-state index contributed by atoms with van der Waals surface area (Å²) < 4.78 is 6.44. The van der Waals surface area contributed by atoms with E-state index in [9.17, 15) is 0 Å². The molecule has 0 aromatic heterocycles. The summed E-state index contributed by atoms with van der Waals surface area (Å²) in [4.78, 5) is 6.51. The fourth-order valence-corrected chi connectivity index (χ4v) is 6.37. The Morgan fingerprint density at radius 1 is 0.643 bits per heavy atom. The molecular formula is C39H32N2O. The maximum atomic E-state index is 6.44. The Morgan fingerprint density at radius 2 is 1.31 bits per heavy atom. The summed E-state index contributed by atoms with van der Waals surface area (Å²) in [6.45, 7) is 8.80. The lowest BCUT2D eigenvalue weighted by Crippen LogP contribution is -2.22. The Hall–Kier alpha value is -5.15. The number of hydrogen-bond acceptors (Lipinski definition) is 3. The van der Waals surface area contributed by atoms with E-state index in [1.54, 1.807) is 0 Å². The largest absolute Gasteiger partial charge is 0.470 e. The second kappa shape index (κ2) is 10.4. The molecule has 1 aliphatic carbocycles. The van der Waals surface area contributed by atoms with E-state index in [0.29, 0.717) is 12.5 Å². The SMILES string of the molecule is C=Nc1c(OCN(c2ccccc2)c2ccc(-c3cccc4c3-c3ccccc3C4(C)C)cc2)ccc2ccccc12. The molecule has 0 unspecified atom stereocenters. The molecule has 0 saturated carbocycles. The number of benzene rings is 6. The molecule has 1 aliphatic rings. The first-order chi connectivity index (χ1) is 20.6. The third-order valence-electron chi connectivity index (χ3n) is 8.54. The van der Waals surface area contributed by atoms with Gasteiger partial charge in [-0.3, -0.25) is 4.99 Å². The summed E-state index contributed by atoms with van der Waals surface area (Å²) in [7, 11) is 0. The summed E-state index contributed by atoms with van der Waals surface area (Å²) >= 11 is 0. The highest BCUT2D eigenvalue weighted by atomic mass is 16.5. The highest BCUT2D eigenvalue weighted by Crippen LogP contribution is 2.52. The first kappa shape index (κ1) is 25.8. The topological polar surface area (TPSA) is 24.8 Å². The third kappa shape index (κ3) is 4.26. The van der Waals surface area contributed by atoms with Gasteiger partial charge in [-0.05, 0) is 75.8 Å². The summed E-state index contributed by atoms with van der Waals surface area (Å²) in [5, 5.41) is 2.14. The van der Waals surface area contributed by atoms with E-state index in [4.69, 9.17) is 4.74 Å². The number of para-hydroxylation sites is 1. The minimum Gasteiger partial charge on any atom is -0.470 e. The second-order valence-corrected chi connectivity index (χ2v) is 11.3. The monoisotopic (exact) mass is 544 g/mol. The molecule has 0 radical (unpaired) electrons. The Balaban J connectivity index is 1.24. The van der Waals surface area contributed by atoms with Gasteiger partial charge in [0.05, 0.1) is 0 Å². The van der Waals surface area contributed by atoms with E-state index in [1.807, 2.05) is 24.3 Å². The van der Waals surface area contributed by atoms with E-state index in [-0.39, 0.29) is 5.41 Å². The van der Waals surface area contributed by atoms with Gasteiger partial charge in [-0.25, -0.2) is 0 Å². The van der Waals surface area contributed by atoms with Gasteiger partial charge in [0.15, 0.2) is 6.73 Å². The number of aliphatic imine (C=N–C) groups is 1. The lowest BCUT2D eigenvalue weighted by atomic mass is 9.82. The van der Waals surface area contributed by atoms with Gasteiger partial charge < -0.3 is 9.64 Å². The maximum Gasteiger partial charge on any atom is 0.165 e. The minimum atomic E-state index is -0.0226. The van der Waals surface area contributed by atoms with Crippen LogP contribution in [-0.4, -0.2) is 13.4 Å². The molecule has 0 bridgehead atoms. The molecular weight excluding hydrogens is 512 g/mol. The summed E-state index contributed by atoms with van der Waals surface area (Å²) in [5.41, 5.74) is 10.7. The molecule has 0 heterocycles. The molecule has 0 N–H and O–H groups in total. The first-order valence-corrected chi connectivity index (χ1v) is 14.3. The average molecular weight is 545 g/mol. The van der Waals surface area contributed by atoms with E-state index in [1.165, 1.54) is 33.4 Å². The van der Waals surface area contributed by atoms with Crippen LogP contribution in [0.4, 0.5) is 17.1 Å². The van der Waals surface area contributed by atoms with Gasteiger partial charge in [-0.2, -0.15) is 0 Å². The van der Waals surface area contributed by atoms with Crippen LogP contribution in [0.15, 0.2) is 138 Å². The number of ether oxygens (including phenoxy) is 1. The van der Waals surface area contributed by atoms with Crippen molar-refractivity contribution in [2.75, 3.05) is 11.6 Å². The number of fused-ring (bicyclic) bond motifs is 4. The van der Waals surface area contributed by atoms with Crippen molar-refractivity contribution in [3.8, 4) is 28.0 Å². The Bertz CT molecular complexity index is 1920. The van der Waals surface area contributed by atoms with Crippen LogP contribution in [0.25, 0.3) is 33.0 Å². The molecule has 204 valence electrons. The van der Waals surface area contributed by atoms with Crippen LogP contribution in [0.1, 0.15) is 25.0 Å². The highest BCUT2D eigenvalue weighted by Gasteiger charge is 2.36. The zero-order valence-corrected chi connectivity index (χ0v) is 23.9. The summed E-state index contributed by atoms with van der Waals surface area (Å²) in [6.07, 6.45) is 0. The molecule has 6 aromatic rings. The molecule has 42 heavy (non-hydrogen) atoms. The normalized spacial score (nSPS) is 12.9. The Morgan fingerprint density at radius 3 is 2.12 bits per heavy atom. The molecule has 0 spiro atoms. The van der Waals surface area contributed by atoms with Crippen molar-refractivity contribution in [2.45, 2.75) is 19.3 Å². The van der Waals surface area contributed by atoms with Crippen LogP contribution in [0.5, 0.6) is 5.75 Å². The fourth-order valence-electron chi connectivity index (χ4n) is 6.37. The molecule has 0 saturated heterocycles. The molecule has 0 atom stereocenters. The van der Waals surface area contributed by atoms with Gasteiger partial charge in [0.25, 0.3) is 0 Å². The zero-order valence-electron chi connectivity index (χ0n) is 23.9. The Labute approximate surface area is 247 Å². The van der Waals surface area contributed by atoms with Crippen LogP contribution in [-0.2, 0) is 5.41 Å². The maximum absolute atomic E-state index is 6.44. The van der Waals surface area contributed by atoms with E-state index in [0.717, 1.165) is 27.8 Å². The smallest absolute Gasteiger partial charge is 0.165 e. The summed E-state index contributed by atoms with van der Waals surface area (Å²) in [5.74, 6) is 0.711. The predicted molar refractivity (Wildman–Crippen MR) is 177 cm³/mol. The molecule has 3 heteroatoms. The van der Waals surface area contributed by atoms with Crippen molar-refractivity contribution in [3.63, 3.8) is 0 Å². The average Bonchev–Trinajstić information content (AvgIpc) is 3.28. The van der Waals surface area contributed by atoms with Gasteiger partial charge in [-0.1, -0.05) is 117 Å². The van der Waals surface area contributed by atoms with Crippen LogP contribution < -0.4 is 9.64 Å². The van der Waals surface area contributed by atoms with Crippen molar-refractivity contribution in [1.29, 1.82) is 0 Å². The molecule has 0 amide bonds. The highest BCUT2D eigenvalue weighted by molar-refractivity contribution is 5.96. The number of nitrogens with zero attached hydrogens (tertiary/aromatic N) is 2. The predicted octanol–water partition coefficient (Wildman–Crippen LogP) is 10.3. The van der Waals surface area contributed by atoms with Crippen molar-refractivity contribution >= 4 is 34.6 Å². The quantitative estimate of drug-likeness (QED) is 0.147. The van der Waals surface area contributed by atoms with Crippen LogP contribution in [0, 0.1) is 0 Å².